The van der Waals surface area contributed by atoms with Crippen LogP contribution in [0.4, 0.5) is 0 Å². The van der Waals surface area contributed by atoms with Gasteiger partial charge in [0.2, 0.25) is 0 Å². The number of unbranched alkanes of at least 4 members (excludes halogenated alkanes) is 1. The van der Waals surface area contributed by atoms with Crippen molar-refractivity contribution in [3.05, 3.63) is 33.8 Å². The molecule has 2 unspecified atom stereocenters. The standard InChI is InChI=1S/C18H29Cl2N/c1-4-7-9-14(6-3)17(21-12-5-2)13-15-10-8-11-16(19)18(15)20/h8,10-11,14,17,21H,4-7,9,12-13H2,1-3H3. The number of hydrogen-bond donors (Lipinski definition) is 1. The second-order valence-electron chi connectivity index (χ2n) is 5.79. The largest absolute Gasteiger partial charge is 0.313 e. The second-order valence-corrected chi connectivity index (χ2v) is 6.57. The topological polar surface area (TPSA) is 12.0 Å². The fourth-order valence-corrected chi connectivity index (χ4v) is 3.23. The Hall–Kier alpha value is -0.240. The highest BCUT2D eigenvalue weighted by atomic mass is 35.5. The van der Waals surface area contributed by atoms with Gasteiger partial charge in [0.05, 0.1) is 10.0 Å². The molecule has 1 aromatic rings. The first-order valence-electron chi connectivity index (χ1n) is 8.30. The van der Waals surface area contributed by atoms with Gasteiger partial charge in [-0.05, 0) is 43.4 Å². The molecule has 0 heterocycles. The Kier molecular flexibility index (Phi) is 9.39. The lowest BCUT2D eigenvalue weighted by atomic mass is 9.87. The van der Waals surface area contributed by atoms with Gasteiger partial charge in [-0.25, -0.2) is 0 Å². The number of rotatable bonds is 10. The highest BCUT2D eigenvalue weighted by Gasteiger charge is 2.20. The summed E-state index contributed by atoms with van der Waals surface area (Å²) >= 11 is 12.5. The van der Waals surface area contributed by atoms with Crippen molar-refractivity contribution in [1.82, 2.24) is 5.32 Å². The van der Waals surface area contributed by atoms with Gasteiger partial charge in [-0.15, -0.1) is 0 Å². The molecule has 0 saturated heterocycles. The molecule has 0 fully saturated rings. The average Bonchev–Trinajstić information content (AvgIpc) is 2.49. The number of nitrogens with one attached hydrogen (secondary N) is 1. The SMILES string of the molecule is CCCCC(CC)C(Cc1cccc(Cl)c1Cl)NCCC. The van der Waals surface area contributed by atoms with E-state index in [4.69, 9.17) is 23.2 Å². The zero-order valence-corrected chi connectivity index (χ0v) is 15.1. The van der Waals surface area contributed by atoms with E-state index in [-0.39, 0.29) is 0 Å². The van der Waals surface area contributed by atoms with Crippen LogP contribution in [0.5, 0.6) is 0 Å². The maximum absolute atomic E-state index is 6.36. The van der Waals surface area contributed by atoms with Crippen LogP contribution in [0.3, 0.4) is 0 Å². The third kappa shape index (κ3) is 6.18. The molecule has 0 radical (unpaired) electrons. The maximum atomic E-state index is 6.36. The predicted octanol–water partition coefficient (Wildman–Crippen LogP) is 6.12. The summed E-state index contributed by atoms with van der Waals surface area (Å²) in [5.41, 5.74) is 1.16. The summed E-state index contributed by atoms with van der Waals surface area (Å²) in [4.78, 5) is 0. The Bertz CT molecular complexity index is 406. The van der Waals surface area contributed by atoms with Gasteiger partial charge in [-0.2, -0.15) is 0 Å². The van der Waals surface area contributed by atoms with Gasteiger partial charge in [-0.1, -0.05) is 75.4 Å². The lowest BCUT2D eigenvalue weighted by molar-refractivity contribution is 0.315. The zero-order valence-electron chi connectivity index (χ0n) is 13.6. The van der Waals surface area contributed by atoms with Crippen LogP contribution in [0.1, 0.15) is 58.4 Å². The summed E-state index contributed by atoms with van der Waals surface area (Å²) < 4.78 is 0. The van der Waals surface area contributed by atoms with Crippen LogP contribution in [0.25, 0.3) is 0 Å². The third-order valence-corrected chi connectivity index (χ3v) is 5.01. The average molecular weight is 330 g/mol. The van der Waals surface area contributed by atoms with Gasteiger partial charge in [0, 0.05) is 6.04 Å². The highest BCUT2D eigenvalue weighted by Crippen LogP contribution is 2.28. The molecule has 2 atom stereocenters. The van der Waals surface area contributed by atoms with Crippen molar-refractivity contribution in [3.63, 3.8) is 0 Å². The highest BCUT2D eigenvalue weighted by molar-refractivity contribution is 6.42. The van der Waals surface area contributed by atoms with E-state index in [1.807, 2.05) is 12.1 Å². The normalized spacial score (nSPS) is 14.1. The van der Waals surface area contributed by atoms with Crippen LogP contribution >= 0.6 is 23.2 Å². The molecular formula is C18H29Cl2N. The predicted molar refractivity (Wildman–Crippen MR) is 95.6 cm³/mol. The molecule has 0 amide bonds. The molecule has 0 spiro atoms. The first-order chi connectivity index (χ1) is 10.1. The summed E-state index contributed by atoms with van der Waals surface area (Å²) in [5, 5.41) is 5.10. The van der Waals surface area contributed by atoms with E-state index in [2.05, 4.69) is 32.2 Å². The van der Waals surface area contributed by atoms with E-state index < -0.39 is 0 Å². The number of benzene rings is 1. The molecule has 3 heteroatoms. The van der Waals surface area contributed by atoms with Crippen LogP contribution in [0.2, 0.25) is 10.0 Å². The fourth-order valence-electron chi connectivity index (χ4n) is 2.83. The molecule has 1 nitrogen and oxygen atoms in total. The molecule has 21 heavy (non-hydrogen) atoms. The quantitative estimate of drug-likeness (QED) is 0.545. The summed E-state index contributed by atoms with van der Waals surface area (Å²) in [6, 6.07) is 6.43. The van der Waals surface area contributed by atoms with Crippen LogP contribution in [-0.2, 0) is 6.42 Å². The van der Waals surface area contributed by atoms with Crippen molar-refractivity contribution in [2.24, 2.45) is 5.92 Å². The van der Waals surface area contributed by atoms with Crippen molar-refractivity contribution < 1.29 is 0 Å². The van der Waals surface area contributed by atoms with Crippen molar-refractivity contribution in [3.8, 4) is 0 Å². The molecule has 1 rings (SSSR count). The van der Waals surface area contributed by atoms with Crippen LogP contribution < -0.4 is 5.32 Å². The Morgan fingerprint density at radius 1 is 1.10 bits per heavy atom. The van der Waals surface area contributed by atoms with Crippen molar-refractivity contribution in [2.75, 3.05) is 6.54 Å². The van der Waals surface area contributed by atoms with E-state index in [1.165, 1.54) is 25.7 Å². The summed E-state index contributed by atoms with van der Waals surface area (Å²) in [7, 11) is 0. The molecule has 0 aliphatic rings. The number of hydrogen-bond acceptors (Lipinski definition) is 1. The second kappa shape index (κ2) is 10.5. The minimum absolute atomic E-state index is 0.484. The fraction of sp³-hybridized carbons (Fsp3) is 0.667. The lowest BCUT2D eigenvalue weighted by Crippen LogP contribution is -2.38. The molecule has 120 valence electrons. The van der Waals surface area contributed by atoms with Crippen molar-refractivity contribution >= 4 is 23.2 Å². The van der Waals surface area contributed by atoms with Crippen LogP contribution in [0, 0.1) is 5.92 Å². The molecule has 1 N–H and O–H groups in total. The van der Waals surface area contributed by atoms with E-state index in [9.17, 15) is 0 Å². The number of halogens is 2. The van der Waals surface area contributed by atoms with E-state index in [1.54, 1.807) is 0 Å². The smallest absolute Gasteiger partial charge is 0.0624 e. The molecule has 0 aromatic heterocycles. The van der Waals surface area contributed by atoms with Gasteiger partial charge in [0.25, 0.3) is 0 Å². The molecule has 0 bridgehead atoms. The molecule has 0 saturated carbocycles. The summed E-state index contributed by atoms with van der Waals surface area (Å²) in [5.74, 6) is 0.701. The van der Waals surface area contributed by atoms with E-state index >= 15 is 0 Å². The lowest BCUT2D eigenvalue weighted by Gasteiger charge is -2.28. The maximum Gasteiger partial charge on any atom is 0.0624 e. The van der Waals surface area contributed by atoms with Crippen molar-refractivity contribution in [2.45, 2.75) is 65.3 Å². The summed E-state index contributed by atoms with van der Waals surface area (Å²) in [6.07, 6.45) is 7.17. The molecule has 0 aliphatic carbocycles. The first-order valence-corrected chi connectivity index (χ1v) is 9.05. The van der Waals surface area contributed by atoms with Crippen LogP contribution in [-0.4, -0.2) is 12.6 Å². The Morgan fingerprint density at radius 2 is 1.86 bits per heavy atom. The van der Waals surface area contributed by atoms with Crippen molar-refractivity contribution in [1.29, 1.82) is 0 Å². The zero-order chi connectivity index (χ0) is 15.7. The molecular weight excluding hydrogens is 301 g/mol. The minimum Gasteiger partial charge on any atom is -0.313 e. The van der Waals surface area contributed by atoms with Gasteiger partial charge in [0.15, 0.2) is 0 Å². The summed E-state index contributed by atoms with van der Waals surface area (Å²) in [6.45, 7) is 7.82. The van der Waals surface area contributed by atoms with Crippen LogP contribution in [0.15, 0.2) is 18.2 Å². The first kappa shape index (κ1) is 18.8. The van der Waals surface area contributed by atoms with Gasteiger partial charge in [-0.3, -0.25) is 0 Å². The Morgan fingerprint density at radius 3 is 2.48 bits per heavy atom. The Labute approximate surface area is 140 Å². The van der Waals surface area contributed by atoms with Gasteiger partial charge >= 0.3 is 0 Å². The monoisotopic (exact) mass is 329 g/mol. The third-order valence-electron chi connectivity index (χ3n) is 4.15. The van der Waals surface area contributed by atoms with E-state index in [0.29, 0.717) is 22.0 Å². The molecule has 0 aliphatic heterocycles. The minimum atomic E-state index is 0.484. The van der Waals surface area contributed by atoms with Gasteiger partial charge < -0.3 is 5.32 Å². The van der Waals surface area contributed by atoms with E-state index in [0.717, 1.165) is 24.9 Å². The van der Waals surface area contributed by atoms with Gasteiger partial charge in [0.1, 0.15) is 0 Å². The molecule has 1 aromatic carbocycles. The Balaban J connectivity index is 2.82.